The molecule has 0 aliphatic carbocycles. The number of ether oxygens (including phenoxy) is 1. The predicted octanol–water partition coefficient (Wildman–Crippen LogP) is 3.21. The van der Waals surface area contributed by atoms with E-state index in [0.717, 1.165) is 30.2 Å². The maximum Gasteiger partial charge on any atom is 0.229 e. The molecule has 0 radical (unpaired) electrons. The van der Waals surface area contributed by atoms with Gasteiger partial charge >= 0.3 is 0 Å². The highest BCUT2D eigenvalue weighted by atomic mass is 16.5. The van der Waals surface area contributed by atoms with Gasteiger partial charge in [-0.2, -0.15) is 4.98 Å². The van der Waals surface area contributed by atoms with Crippen molar-refractivity contribution in [2.45, 2.75) is 12.6 Å². The van der Waals surface area contributed by atoms with Gasteiger partial charge in [0.1, 0.15) is 11.6 Å². The molecular formula is C24H31N7O. The monoisotopic (exact) mass is 433 g/mol. The molecule has 0 fully saturated rings. The minimum atomic E-state index is -0.0596. The maximum absolute atomic E-state index is 6.17. The molecule has 0 spiro atoms. The average molecular weight is 434 g/mol. The van der Waals surface area contributed by atoms with Crippen LogP contribution in [-0.2, 0) is 6.42 Å². The standard InChI is InChI=1S/C24H31N7O/c1-29(2)22(25)16-30(3)18-9-10-19(21(15-18)32-4)27-24-26-13-11-23(28-24)31-14-12-17-7-5-6-8-20(17)31/h5-11,13,15,22H,12,14,16,25H2,1-4H3,(H,26,27,28). The van der Waals surface area contributed by atoms with Crippen LogP contribution in [0.4, 0.5) is 28.8 Å². The SMILES string of the molecule is COc1cc(N(C)CC(N)N(C)C)ccc1Nc1nccc(N2CCc3ccccc32)n1. The lowest BCUT2D eigenvalue weighted by Gasteiger charge is -2.27. The second kappa shape index (κ2) is 9.42. The van der Waals surface area contributed by atoms with E-state index in [-0.39, 0.29) is 6.17 Å². The van der Waals surface area contributed by atoms with E-state index in [1.165, 1.54) is 11.3 Å². The number of methoxy groups -OCH3 is 1. The number of aromatic nitrogens is 2. The Labute approximate surface area is 189 Å². The van der Waals surface area contributed by atoms with Crippen LogP contribution in [0.2, 0.25) is 0 Å². The zero-order valence-corrected chi connectivity index (χ0v) is 19.1. The molecule has 1 unspecified atom stereocenters. The highest BCUT2D eigenvalue weighted by molar-refractivity contribution is 5.70. The van der Waals surface area contributed by atoms with Crippen LogP contribution in [0.25, 0.3) is 0 Å². The summed E-state index contributed by atoms with van der Waals surface area (Å²) in [7, 11) is 7.63. The van der Waals surface area contributed by atoms with E-state index in [2.05, 4.69) is 44.4 Å². The Kier molecular flexibility index (Phi) is 6.43. The van der Waals surface area contributed by atoms with Crippen molar-refractivity contribution in [1.82, 2.24) is 14.9 Å². The van der Waals surface area contributed by atoms with E-state index in [0.29, 0.717) is 18.2 Å². The third-order valence-electron chi connectivity index (χ3n) is 5.80. The van der Waals surface area contributed by atoms with Crippen LogP contribution >= 0.6 is 0 Å². The molecule has 0 bridgehead atoms. The second-order valence-electron chi connectivity index (χ2n) is 8.19. The Morgan fingerprint density at radius 1 is 1.16 bits per heavy atom. The summed E-state index contributed by atoms with van der Waals surface area (Å²) < 4.78 is 5.64. The number of nitrogens with one attached hydrogen (secondary N) is 1. The molecule has 8 nitrogen and oxygen atoms in total. The molecule has 0 saturated carbocycles. The van der Waals surface area contributed by atoms with Crippen LogP contribution in [0.3, 0.4) is 0 Å². The minimum Gasteiger partial charge on any atom is -0.494 e. The summed E-state index contributed by atoms with van der Waals surface area (Å²) in [6, 6.07) is 16.4. The highest BCUT2D eigenvalue weighted by Crippen LogP contribution is 2.34. The topological polar surface area (TPSA) is 82.8 Å². The van der Waals surface area contributed by atoms with E-state index in [4.69, 9.17) is 15.5 Å². The Balaban J connectivity index is 1.53. The Bertz CT molecular complexity index is 1070. The Hall–Kier alpha value is -3.36. The van der Waals surface area contributed by atoms with Crippen LogP contribution < -0.4 is 25.6 Å². The molecule has 1 aromatic heterocycles. The summed E-state index contributed by atoms with van der Waals surface area (Å²) in [6.45, 7) is 1.61. The van der Waals surface area contributed by atoms with Crippen LogP contribution in [0, 0.1) is 0 Å². The number of nitrogens with two attached hydrogens (primary N) is 1. The molecule has 0 saturated heterocycles. The van der Waals surface area contributed by atoms with E-state index in [9.17, 15) is 0 Å². The predicted molar refractivity (Wildman–Crippen MR) is 130 cm³/mol. The normalized spacial score (nSPS) is 13.8. The van der Waals surface area contributed by atoms with Crippen molar-refractivity contribution in [3.63, 3.8) is 0 Å². The van der Waals surface area contributed by atoms with Gasteiger partial charge in [-0.15, -0.1) is 0 Å². The highest BCUT2D eigenvalue weighted by Gasteiger charge is 2.21. The molecule has 4 rings (SSSR count). The van der Waals surface area contributed by atoms with Gasteiger partial charge in [-0.25, -0.2) is 4.98 Å². The van der Waals surface area contributed by atoms with Crippen LogP contribution in [-0.4, -0.2) is 62.4 Å². The van der Waals surface area contributed by atoms with E-state index < -0.39 is 0 Å². The molecule has 2 aromatic carbocycles. The first-order valence-electron chi connectivity index (χ1n) is 10.7. The van der Waals surface area contributed by atoms with Crippen molar-refractivity contribution in [2.75, 3.05) is 56.5 Å². The van der Waals surface area contributed by atoms with Gasteiger partial charge in [0.2, 0.25) is 5.95 Å². The van der Waals surface area contributed by atoms with Gasteiger partial charge in [0, 0.05) is 43.8 Å². The smallest absolute Gasteiger partial charge is 0.229 e. The number of likely N-dealkylation sites (N-methyl/N-ethyl adjacent to an activating group) is 2. The fourth-order valence-corrected chi connectivity index (χ4v) is 3.83. The van der Waals surface area contributed by atoms with Gasteiger partial charge in [0.05, 0.1) is 19.0 Å². The third kappa shape index (κ3) is 4.61. The first kappa shape index (κ1) is 21.9. The number of benzene rings is 2. The lowest BCUT2D eigenvalue weighted by Crippen LogP contribution is -2.45. The van der Waals surface area contributed by atoms with Gasteiger partial charge in [0.25, 0.3) is 0 Å². The molecule has 3 aromatic rings. The van der Waals surface area contributed by atoms with Gasteiger partial charge in [0.15, 0.2) is 0 Å². The summed E-state index contributed by atoms with van der Waals surface area (Å²) in [5, 5.41) is 3.31. The number of para-hydroxylation sites is 1. The van der Waals surface area contributed by atoms with Crippen molar-refractivity contribution in [1.29, 1.82) is 0 Å². The maximum atomic E-state index is 6.17. The molecule has 1 aliphatic rings. The van der Waals surface area contributed by atoms with Crippen molar-refractivity contribution < 1.29 is 4.74 Å². The van der Waals surface area contributed by atoms with Gasteiger partial charge in [-0.3, -0.25) is 4.90 Å². The van der Waals surface area contributed by atoms with Crippen molar-refractivity contribution in [3.05, 3.63) is 60.3 Å². The largest absolute Gasteiger partial charge is 0.494 e. The second-order valence-corrected chi connectivity index (χ2v) is 8.19. The lowest BCUT2D eigenvalue weighted by molar-refractivity contribution is 0.304. The molecule has 1 aliphatic heterocycles. The van der Waals surface area contributed by atoms with Gasteiger partial charge in [-0.05, 0) is 50.3 Å². The number of nitrogens with zero attached hydrogens (tertiary/aromatic N) is 5. The zero-order valence-electron chi connectivity index (χ0n) is 19.1. The molecule has 1 atom stereocenters. The zero-order chi connectivity index (χ0) is 22.7. The van der Waals surface area contributed by atoms with Crippen LogP contribution in [0.1, 0.15) is 5.56 Å². The van der Waals surface area contributed by atoms with Crippen molar-refractivity contribution in [2.24, 2.45) is 5.73 Å². The summed E-state index contributed by atoms with van der Waals surface area (Å²) in [4.78, 5) is 15.5. The number of anilines is 5. The number of hydrogen-bond acceptors (Lipinski definition) is 8. The van der Waals surface area contributed by atoms with E-state index in [1.807, 2.05) is 50.3 Å². The molecular weight excluding hydrogens is 402 g/mol. The van der Waals surface area contributed by atoms with Crippen molar-refractivity contribution >= 4 is 28.8 Å². The van der Waals surface area contributed by atoms with Gasteiger partial charge in [-0.1, -0.05) is 18.2 Å². The molecule has 3 N–H and O–H groups in total. The van der Waals surface area contributed by atoms with Crippen LogP contribution in [0.15, 0.2) is 54.7 Å². The summed E-state index contributed by atoms with van der Waals surface area (Å²) in [5.41, 5.74) is 10.6. The Morgan fingerprint density at radius 3 is 2.75 bits per heavy atom. The first-order valence-corrected chi connectivity index (χ1v) is 10.7. The van der Waals surface area contributed by atoms with Crippen LogP contribution in [0.5, 0.6) is 5.75 Å². The van der Waals surface area contributed by atoms with E-state index in [1.54, 1.807) is 13.3 Å². The minimum absolute atomic E-state index is 0.0596. The summed E-state index contributed by atoms with van der Waals surface area (Å²) in [6.07, 6.45) is 2.74. The van der Waals surface area contributed by atoms with Gasteiger partial charge < -0.3 is 25.6 Å². The molecule has 8 heteroatoms. The Morgan fingerprint density at radius 2 is 1.97 bits per heavy atom. The summed E-state index contributed by atoms with van der Waals surface area (Å²) >= 11 is 0. The fourth-order valence-electron chi connectivity index (χ4n) is 3.83. The van der Waals surface area contributed by atoms with E-state index >= 15 is 0 Å². The molecule has 2 heterocycles. The molecule has 0 amide bonds. The summed E-state index contributed by atoms with van der Waals surface area (Å²) in [5.74, 6) is 2.12. The van der Waals surface area contributed by atoms with Crippen molar-refractivity contribution in [3.8, 4) is 5.75 Å². The lowest BCUT2D eigenvalue weighted by atomic mass is 10.2. The molecule has 32 heavy (non-hydrogen) atoms. The molecule has 168 valence electrons. The first-order chi connectivity index (χ1) is 15.5. The number of hydrogen-bond donors (Lipinski definition) is 2. The average Bonchev–Trinajstić information content (AvgIpc) is 3.23. The number of rotatable bonds is 8. The quantitative estimate of drug-likeness (QED) is 0.524. The fraction of sp³-hybridized carbons (Fsp3) is 0.333. The number of fused-ring (bicyclic) bond motifs is 1. The third-order valence-corrected chi connectivity index (χ3v) is 5.80.